The number of aromatic nitrogens is 5. The van der Waals surface area contributed by atoms with E-state index in [-0.39, 0.29) is 36.1 Å². The summed E-state index contributed by atoms with van der Waals surface area (Å²) in [6.07, 6.45) is 7.99. The van der Waals surface area contributed by atoms with Crippen LogP contribution in [0.15, 0.2) is 30.6 Å². The van der Waals surface area contributed by atoms with Gasteiger partial charge in [0.05, 0.1) is 34.8 Å². The van der Waals surface area contributed by atoms with Crippen LogP contribution >= 0.6 is 0 Å². The molecule has 2 aliphatic carbocycles. The minimum absolute atomic E-state index is 0.0160. The molecule has 2 aliphatic rings. The highest BCUT2D eigenvalue weighted by molar-refractivity contribution is 6.01. The average molecular weight is 562 g/mol. The number of aryl methyl sites for hydroxylation is 1. The van der Waals surface area contributed by atoms with Crippen molar-refractivity contribution >= 4 is 28.4 Å². The number of aliphatic hydroxyl groups is 1. The Hall–Kier alpha value is -4.19. The van der Waals surface area contributed by atoms with Crippen LogP contribution in [-0.2, 0) is 7.05 Å². The van der Waals surface area contributed by atoms with Crippen LogP contribution in [0.1, 0.15) is 84.7 Å². The lowest BCUT2D eigenvalue weighted by atomic mass is 9.92. The predicted octanol–water partition coefficient (Wildman–Crippen LogP) is 2.86. The second-order valence-electron chi connectivity index (χ2n) is 11.8. The van der Waals surface area contributed by atoms with Crippen molar-refractivity contribution in [1.29, 1.82) is 0 Å². The number of hydrogen-bond donors (Lipinski definition) is 3. The number of nitrogens with one attached hydrogen (secondary N) is 1. The molecular formula is C29H35N7O5. The molecule has 12 heteroatoms. The van der Waals surface area contributed by atoms with E-state index in [1.54, 1.807) is 48.6 Å². The summed E-state index contributed by atoms with van der Waals surface area (Å²) in [7, 11) is 1.78. The zero-order valence-corrected chi connectivity index (χ0v) is 23.5. The van der Waals surface area contributed by atoms with Crippen molar-refractivity contribution in [3.63, 3.8) is 0 Å². The summed E-state index contributed by atoms with van der Waals surface area (Å²) < 4.78 is 15.5. The van der Waals surface area contributed by atoms with Gasteiger partial charge in [-0.15, -0.1) is 0 Å². The van der Waals surface area contributed by atoms with Gasteiger partial charge in [-0.25, -0.2) is 4.52 Å². The van der Waals surface area contributed by atoms with Crippen molar-refractivity contribution in [2.45, 2.75) is 76.0 Å². The summed E-state index contributed by atoms with van der Waals surface area (Å²) in [6.45, 7) is 3.57. The van der Waals surface area contributed by atoms with Crippen LogP contribution in [0, 0.1) is 0 Å². The standard InChI is InChI=1S/C29H35N7O5/c1-29(2,39)15-40-23-11-10-22-21(14-32-36(22)24(23)16-4-5-16)27(38)33-18-6-8-19(9-7-18)41-28-20(25(30)37)12-17-13-31-35(3)26(17)34-28/h10-14,16,18-19,39H,4-9,15H2,1-3H3,(H2,30,37)(H,33,38)/t18-,19-. The van der Waals surface area contributed by atoms with E-state index in [1.165, 1.54) is 0 Å². The summed E-state index contributed by atoms with van der Waals surface area (Å²) >= 11 is 0. The van der Waals surface area contributed by atoms with Crippen molar-refractivity contribution in [2.24, 2.45) is 12.8 Å². The molecule has 2 fully saturated rings. The third-order valence-corrected chi connectivity index (χ3v) is 7.69. The van der Waals surface area contributed by atoms with Crippen molar-refractivity contribution < 1.29 is 24.2 Å². The Morgan fingerprint density at radius 3 is 2.54 bits per heavy atom. The Morgan fingerprint density at radius 1 is 1.10 bits per heavy atom. The van der Waals surface area contributed by atoms with E-state index in [2.05, 4.69) is 20.5 Å². The molecule has 6 rings (SSSR count). The molecule has 0 aromatic carbocycles. The van der Waals surface area contributed by atoms with Crippen LogP contribution in [0.5, 0.6) is 11.6 Å². The SMILES string of the molecule is Cn1ncc2cc(C(N)=O)c(O[C@H]3CC[C@H](NC(=O)c4cnn5c(C6CC6)c(OCC(C)(C)O)ccc45)CC3)nc21. The minimum atomic E-state index is -0.956. The molecule has 216 valence electrons. The van der Waals surface area contributed by atoms with Crippen molar-refractivity contribution in [3.05, 3.63) is 47.4 Å². The molecule has 0 unspecified atom stereocenters. The molecule has 4 aromatic heterocycles. The summed E-state index contributed by atoms with van der Waals surface area (Å²) in [5.41, 5.74) is 7.66. The number of rotatable bonds is 9. The highest BCUT2D eigenvalue weighted by atomic mass is 16.5. The number of carbonyl (C=O) groups excluding carboxylic acids is 2. The molecule has 4 aromatic rings. The van der Waals surface area contributed by atoms with Crippen LogP contribution in [0.4, 0.5) is 0 Å². The van der Waals surface area contributed by atoms with Crippen LogP contribution < -0.4 is 20.5 Å². The maximum Gasteiger partial charge on any atom is 0.255 e. The zero-order chi connectivity index (χ0) is 28.9. The summed E-state index contributed by atoms with van der Waals surface area (Å²) in [5, 5.41) is 22.7. The quantitative estimate of drug-likeness (QED) is 0.281. The van der Waals surface area contributed by atoms with Gasteiger partial charge in [-0.2, -0.15) is 15.2 Å². The molecule has 2 saturated carbocycles. The van der Waals surface area contributed by atoms with Crippen LogP contribution in [0.3, 0.4) is 0 Å². The molecule has 4 N–H and O–H groups in total. The lowest BCUT2D eigenvalue weighted by molar-refractivity contribution is 0.0279. The monoisotopic (exact) mass is 561 g/mol. The van der Waals surface area contributed by atoms with Crippen LogP contribution in [0.25, 0.3) is 16.6 Å². The van der Waals surface area contributed by atoms with E-state index in [0.717, 1.165) is 42.3 Å². The molecule has 0 saturated heterocycles. The van der Waals surface area contributed by atoms with Gasteiger partial charge in [0.1, 0.15) is 24.0 Å². The third kappa shape index (κ3) is 5.56. The Bertz CT molecular complexity index is 1620. The molecule has 4 heterocycles. The molecule has 12 nitrogen and oxygen atoms in total. The first-order valence-corrected chi connectivity index (χ1v) is 14.0. The first-order valence-electron chi connectivity index (χ1n) is 14.0. The molecule has 0 bridgehead atoms. The van der Waals surface area contributed by atoms with Crippen LogP contribution in [-0.4, -0.2) is 65.7 Å². The normalized spacial score (nSPS) is 19.4. The second kappa shape index (κ2) is 10.3. The fourth-order valence-corrected chi connectivity index (χ4v) is 5.41. The van der Waals surface area contributed by atoms with Gasteiger partial charge in [-0.1, -0.05) is 0 Å². The molecular weight excluding hydrogens is 526 g/mol. The van der Waals surface area contributed by atoms with E-state index < -0.39 is 11.5 Å². The Labute approximate surface area is 236 Å². The van der Waals surface area contributed by atoms with E-state index in [0.29, 0.717) is 35.7 Å². The average Bonchev–Trinajstić information content (AvgIpc) is 3.57. The summed E-state index contributed by atoms with van der Waals surface area (Å²) in [5.74, 6) is 0.450. The Kier molecular flexibility index (Phi) is 6.80. The van der Waals surface area contributed by atoms with Gasteiger partial charge in [0.25, 0.3) is 11.8 Å². The lowest BCUT2D eigenvalue weighted by Crippen LogP contribution is -2.39. The lowest BCUT2D eigenvalue weighted by Gasteiger charge is -2.29. The maximum atomic E-state index is 13.3. The highest BCUT2D eigenvalue weighted by Crippen LogP contribution is 2.44. The van der Waals surface area contributed by atoms with Gasteiger partial charge in [0, 0.05) is 24.4 Å². The molecule has 0 aliphatic heterocycles. The van der Waals surface area contributed by atoms with Gasteiger partial charge in [0.15, 0.2) is 5.65 Å². The van der Waals surface area contributed by atoms with E-state index in [1.807, 2.05) is 12.1 Å². The smallest absolute Gasteiger partial charge is 0.255 e. The largest absolute Gasteiger partial charge is 0.489 e. The van der Waals surface area contributed by atoms with Gasteiger partial charge in [-0.3, -0.25) is 14.3 Å². The van der Waals surface area contributed by atoms with E-state index in [9.17, 15) is 14.7 Å². The summed E-state index contributed by atoms with van der Waals surface area (Å²) in [6, 6.07) is 5.36. The molecule has 0 spiro atoms. The first-order chi connectivity index (χ1) is 19.6. The fourth-order valence-electron chi connectivity index (χ4n) is 5.41. The van der Waals surface area contributed by atoms with E-state index >= 15 is 0 Å². The van der Waals surface area contributed by atoms with Crippen molar-refractivity contribution in [1.82, 2.24) is 29.7 Å². The molecule has 41 heavy (non-hydrogen) atoms. The third-order valence-electron chi connectivity index (χ3n) is 7.69. The highest BCUT2D eigenvalue weighted by Gasteiger charge is 2.32. The number of nitrogens with zero attached hydrogens (tertiary/aromatic N) is 5. The molecule has 0 atom stereocenters. The second-order valence-corrected chi connectivity index (χ2v) is 11.8. The number of amides is 2. The Morgan fingerprint density at radius 2 is 1.85 bits per heavy atom. The maximum absolute atomic E-state index is 13.3. The fraction of sp³-hybridized carbons (Fsp3) is 0.483. The minimum Gasteiger partial charge on any atom is -0.489 e. The number of nitrogens with two attached hydrogens (primary N) is 1. The van der Waals surface area contributed by atoms with Gasteiger partial charge >= 0.3 is 0 Å². The van der Waals surface area contributed by atoms with Gasteiger partial charge in [-0.05, 0) is 70.6 Å². The van der Waals surface area contributed by atoms with Gasteiger partial charge < -0.3 is 25.6 Å². The van der Waals surface area contributed by atoms with Crippen molar-refractivity contribution in [2.75, 3.05) is 6.61 Å². The number of pyridine rings is 2. The number of primary amides is 1. The van der Waals surface area contributed by atoms with Crippen molar-refractivity contribution in [3.8, 4) is 11.6 Å². The topological polar surface area (TPSA) is 159 Å². The number of hydrogen-bond acceptors (Lipinski definition) is 8. The molecule has 0 radical (unpaired) electrons. The number of fused-ring (bicyclic) bond motifs is 2. The summed E-state index contributed by atoms with van der Waals surface area (Å²) in [4.78, 5) is 29.9. The number of carbonyl (C=O) groups is 2. The number of ether oxygens (including phenoxy) is 2. The van der Waals surface area contributed by atoms with E-state index in [4.69, 9.17) is 15.2 Å². The Balaban J connectivity index is 1.12. The predicted molar refractivity (Wildman–Crippen MR) is 150 cm³/mol. The van der Waals surface area contributed by atoms with Gasteiger partial charge in [0.2, 0.25) is 5.88 Å². The van der Waals surface area contributed by atoms with Crippen LogP contribution in [0.2, 0.25) is 0 Å². The molecule has 2 amide bonds. The zero-order valence-electron chi connectivity index (χ0n) is 23.5. The first kappa shape index (κ1) is 27.0.